The molecule has 0 saturated heterocycles. The van der Waals surface area contributed by atoms with E-state index in [9.17, 15) is 8.42 Å². The second kappa shape index (κ2) is 7.42. The molecule has 0 aliphatic rings. The lowest BCUT2D eigenvalue weighted by atomic mass is 10.1. The van der Waals surface area contributed by atoms with Crippen molar-refractivity contribution in [2.45, 2.75) is 31.6 Å². The molecule has 0 aliphatic heterocycles. The summed E-state index contributed by atoms with van der Waals surface area (Å²) in [7, 11) is -3.55. The normalized spacial score (nSPS) is 12.2. The van der Waals surface area contributed by atoms with Crippen molar-refractivity contribution < 1.29 is 8.42 Å². The maximum absolute atomic E-state index is 13.1. The topological polar surface area (TPSA) is 34.1 Å². The van der Waals surface area contributed by atoms with Crippen LogP contribution in [0.4, 0.5) is 0 Å². The van der Waals surface area contributed by atoms with Crippen molar-refractivity contribution in [1.82, 2.24) is 0 Å². The fourth-order valence-corrected chi connectivity index (χ4v) is 3.99. The predicted octanol–water partition coefficient (Wildman–Crippen LogP) is 5.08. The number of unbranched alkanes of at least 4 members (excludes halogenated alkanes) is 1. The molecule has 0 amide bonds. The highest BCUT2D eigenvalue weighted by molar-refractivity contribution is 8.00. The van der Waals surface area contributed by atoms with E-state index in [0.29, 0.717) is 16.2 Å². The number of benzene rings is 2. The van der Waals surface area contributed by atoms with E-state index in [4.69, 9.17) is 0 Å². The van der Waals surface area contributed by atoms with E-state index >= 15 is 0 Å². The zero-order valence-electron chi connectivity index (χ0n) is 13.6. The van der Waals surface area contributed by atoms with Gasteiger partial charge >= 0.3 is 0 Å². The zero-order valence-corrected chi connectivity index (χ0v) is 14.4. The van der Waals surface area contributed by atoms with Crippen molar-refractivity contribution in [3.63, 3.8) is 0 Å². The lowest BCUT2D eigenvalue weighted by Gasteiger charge is -2.12. The first-order valence-electron chi connectivity index (χ1n) is 7.65. The van der Waals surface area contributed by atoms with E-state index in [1.165, 1.54) is 0 Å². The van der Waals surface area contributed by atoms with E-state index in [2.05, 4.69) is 6.58 Å². The molecule has 3 heteroatoms. The first-order valence-corrected chi connectivity index (χ1v) is 9.14. The van der Waals surface area contributed by atoms with Crippen LogP contribution in [0, 0.1) is 13.8 Å². The molecule has 0 unspecified atom stereocenters. The molecule has 2 aromatic rings. The Morgan fingerprint density at radius 3 is 2.26 bits per heavy atom. The highest BCUT2D eigenvalue weighted by Gasteiger charge is 2.22. The SMILES string of the molecule is C=CCC/C=C(/c1ccccc1C)S(=O)(=O)c1ccc(C)cc1. The molecule has 0 N–H and O–H groups in total. The highest BCUT2D eigenvalue weighted by atomic mass is 32.2. The summed E-state index contributed by atoms with van der Waals surface area (Å²) in [6, 6.07) is 14.6. The first-order chi connectivity index (χ1) is 11.0. The summed E-state index contributed by atoms with van der Waals surface area (Å²) in [6.07, 6.45) is 5.00. The molecule has 120 valence electrons. The Morgan fingerprint density at radius 2 is 1.65 bits per heavy atom. The van der Waals surface area contributed by atoms with Crippen molar-refractivity contribution in [2.24, 2.45) is 0 Å². The number of aryl methyl sites for hydroxylation is 2. The van der Waals surface area contributed by atoms with Crippen molar-refractivity contribution in [3.05, 3.63) is 84.0 Å². The summed E-state index contributed by atoms with van der Waals surface area (Å²) in [4.78, 5) is 0.706. The fraction of sp³-hybridized carbons (Fsp3) is 0.200. The maximum Gasteiger partial charge on any atom is 0.206 e. The summed E-state index contributed by atoms with van der Waals surface area (Å²) in [5.74, 6) is 0. The first kappa shape index (κ1) is 17.2. The van der Waals surface area contributed by atoms with E-state index in [0.717, 1.165) is 23.1 Å². The summed E-state index contributed by atoms with van der Waals surface area (Å²) in [6.45, 7) is 7.57. The molecule has 0 radical (unpaired) electrons. The molecule has 0 fully saturated rings. The molecule has 0 atom stereocenters. The van der Waals surface area contributed by atoms with Gasteiger partial charge in [0, 0.05) is 0 Å². The van der Waals surface area contributed by atoms with Gasteiger partial charge in [-0.2, -0.15) is 0 Å². The quantitative estimate of drug-likeness (QED) is 0.547. The second-order valence-electron chi connectivity index (χ2n) is 5.57. The summed E-state index contributed by atoms with van der Waals surface area (Å²) >= 11 is 0. The maximum atomic E-state index is 13.1. The van der Waals surface area contributed by atoms with E-state index in [-0.39, 0.29) is 0 Å². The molecule has 2 rings (SSSR count). The Hall–Kier alpha value is -2.13. The third kappa shape index (κ3) is 3.99. The molecule has 0 heterocycles. The van der Waals surface area contributed by atoms with Crippen LogP contribution in [-0.4, -0.2) is 8.42 Å². The summed E-state index contributed by atoms with van der Waals surface area (Å²) in [5.41, 5.74) is 2.75. The molecule has 23 heavy (non-hydrogen) atoms. The third-order valence-corrected chi connectivity index (χ3v) is 5.59. The molecule has 2 aromatic carbocycles. The molecule has 0 spiro atoms. The second-order valence-corrected chi connectivity index (χ2v) is 7.48. The fourth-order valence-electron chi connectivity index (χ4n) is 2.39. The van der Waals surface area contributed by atoms with Gasteiger partial charge < -0.3 is 0 Å². The summed E-state index contributed by atoms with van der Waals surface area (Å²) in [5, 5.41) is 0. The monoisotopic (exact) mass is 326 g/mol. The Kier molecular flexibility index (Phi) is 5.56. The molecule has 2 nitrogen and oxygen atoms in total. The van der Waals surface area contributed by atoms with Gasteiger partial charge in [-0.1, -0.05) is 54.1 Å². The van der Waals surface area contributed by atoms with Crippen LogP contribution >= 0.6 is 0 Å². The molecule has 0 aliphatic carbocycles. The Morgan fingerprint density at radius 1 is 1.00 bits per heavy atom. The van der Waals surface area contributed by atoms with Crippen molar-refractivity contribution >= 4 is 14.7 Å². The van der Waals surface area contributed by atoms with E-state index < -0.39 is 9.84 Å². The van der Waals surface area contributed by atoms with Gasteiger partial charge in [0.25, 0.3) is 0 Å². The molecular formula is C20H22O2S. The number of sulfone groups is 1. The molecular weight excluding hydrogens is 304 g/mol. The molecule has 0 saturated carbocycles. The zero-order chi connectivity index (χ0) is 16.9. The van der Waals surface area contributed by atoms with Gasteiger partial charge in [-0.25, -0.2) is 8.42 Å². The van der Waals surface area contributed by atoms with Crippen LogP contribution < -0.4 is 0 Å². The minimum Gasteiger partial charge on any atom is -0.219 e. The van der Waals surface area contributed by atoms with Crippen molar-refractivity contribution in [1.29, 1.82) is 0 Å². The standard InChI is InChI=1S/C20H22O2S/c1-4-5-6-11-20(19-10-8-7-9-17(19)3)23(21,22)18-14-12-16(2)13-15-18/h4,7-15H,1,5-6H2,2-3H3/b20-11-. The average Bonchev–Trinajstić information content (AvgIpc) is 2.53. The Balaban J connectivity index is 2.57. The van der Waals surface area contributed by atoms with Crippen LogP contribution in [0.3, 0.4) is 0 Å². The van der Waals surface area contributed by atoms with Crippen molar-refractivity contribution in [3.8, 4) is 0 Å². The Bertz CT molecular complexity index is 813. The Labute approximate surface area is 139 Å². The number of rotatable bonds is 6. The lowest BCUT2D eigenvalue weighted by molar-refractivity contribution is 0.605. The minimum absolute atomic E-state index is 0.330. The van der Waals surface area contributed by atoms with Crippen molar-refractivity contribution in [2.75, 3.05) is 0 Å². The van der Waals surface area contributed by atoms with Gasteiger partial charge in [0.1, 0.15) is 0 Å². The predicted molar refractivity (Wildman–Crippen MR) is 97.0 cm³/mol. The van der Waals surface area contributed by atoms with E-state index in [1.54, 1.807) is 24.3 Å². The third-order valence-electron chi connectivity index (χ3n) is 3.73. The highest BCUT2D eigenvalue weighted by Crippen LogP contribution is 2.30. The smallest absolute Gasteiger partial charge is 0.206 e. The van der Waals surface area contributed by atoms with Crippen LogP contribution in [0.15, 0.2) is 72.2 Å². The van der Waals surface area contributed by atoms with Gasteiger partial charge in [0.05, 0.1) is 9.80 Å². The largest absolute Gasteiger partial charge is 0.219 e. The van der Waals surface area contributed by atoms with Gasteiger partial charge in [0.2, 0.25) is 9.84 Å². The number of allylic oxidation sites excluding steroid dienone is 2. The number of hydrogen-bond acceptors (Lipinski definition) is 2. The molecule has 0 aromatic heterocycles. The van der Waals surface area contributed by atoms with Crippen LogP contribution in [0.1, 0.15) is 29.5 Å². The van der Waals surface area contributed by atoms with Crippen LogP contribution in [-0.2, 0) is 9.84 Å². The average molecular weight is 326 g/mol. The molecule has 0 bridgehead atoms. The van der Waals surface area contributed by atoms with Crippen LogP contribution in [0.25, 0.3) is 4.91 Å². The van der Waals surface area contributed by atoms with Crippen LogP contribution in [0.2, 0.25) is 0 Å². The van der Waals surface area contributed by atoms with Crippen LogP contribution in [0.5, 0.6) is 0 Å². The van der Waals surface area contributed by atoms with Gasteiger partial charge in [-0.3, -0.25) is 0 Å². The van der Waals surface area contributed by atoms with Gasteiger partial charge in [0.15, 0.2) is 0 Å². The van der Waals surface area contributed by atoms with Gasteiger partial charge in [-0.05, 0) is 49.9 Å². The summed E-state index contributed by atoms with van der Waals surface area (Å²) < 4.78 is 26.2. The lowest BCUT2D eigenvalue weighted by Crippen LogP contribution is -2.06. The number of hydrogen-bond donors (Lipinski definition) is 0. The minimum atomic E-state index is -3.55. The van der Waals surface area contributed by atoms with Gasteiger partial charge in [-0.15, -0.1) is 6.58 Å². The van der Waals surface area contributed by atoms with E-state index in [1.807, 2.05) is 50.2 Å².